The van der Waals surface area contributed by atoms with Crippen molar-refractivity contribution in [3.63, 3.8) is 0 Å². The molecule has 0 fully saturated rings. The molecule has 0 saturated heterocycles. The highest BCUT2D eigenvalue weighted by Crippen LogP contribution is 2.16. The van der Waals surface area contributed by atoms with Crippen molar-refractivity contribution in [3.8, 4) is 0 Å². The summed E-state index contributed by atoms with van der Waals surface area (Å²) in [6, 6.07) is 11.2. The third-order valence-corrected chi connectivity index (χ3v) is 6.05. The monoisotopic (exact) mass is 483 g/mol. The molecular formula is C19H25N5O6S2. The molecule has 0 heterocycles. The quantitative estimate of drug-likeness (QED) is 0.382. The second-order valence-electron chi connectivity index (χ2n) is 6.94. The van der Waals surface area contributed by atoms with Gasteiger partial charge in [0.05, 0.1) is 16.3 Å². The summed E-state index contributed by atoms with van der Waals surface area (Å²) >= 11 is 0. The van der Waals surface area contributed by atoms with E-state index in [1.54, 1.807) is 24.0 Å². The molecule has 0 aliphatic carbocycles. The van der Waals surface area contributed by atoms with Gasteiger partial charge in [-0.05, 0) is 42.3 Å². The molecule has 3 amide bonds. The van der Waals surface area contributed by atoms with Crippen molar-refractivity contribution in [1.82, 2.24) is 15.5 Å². The lowest BCUT2D eigenvalue weighted by Crippen LogP contribution is -2.44. The molecule has 6 N–H and O–H groups in total. The molecule has 0 atom stereocenters. The summed E-state index contributed by atoms with van der Waals surface area (Å²) in [4.78, 5) is 25.4. The van der Waals surface area contributed by atoms with Crippen LogP contribution >= 0.6 is 0 Å². The van der Waals surface area contributed by atoms with Crippen LogP contribution in [0.1, 0.15) is 18.1 Å². The number of amides is 3. The van der Waals surface area contributed by atoms with Gasteiger partial charge in [-0.3, -0.25) is 15.0 Å². The Bertz CT molecular complexity index is 1120. The van der Waals surface area contributed by atoms with Gasteiger partial charge in [0.1, 0.15) is 0 Å². The number of sulfonamides is 2. The molecule has 174 valence electrons. The van der Waals surface area contributed by atoms with Crippen LogP contribution in [0.2, 0.25) is 0 Å². The molecule has 0 saturated carbocycles. The Kier molecular flexibility index (Phi) is 8.46. The highest BCUT2D eigenvalue weighted by Gasteiger charge is 2.17. The molecule has 32 heavy (non-hydrogen) atoms. The largest absolute Gasteiger partial charge is 0.338 e. The third kappa shape index (κ3) is 8.01. The molecule has 13 heteroatoms. The first-order chi connectivity index (χ1) is 14.9. The molecule has 2 rings (SSSR count). The maximum absolute atomic E-state index is 12.3. The molecular weight excluding hydrogens is 458 g/mol. The van der Waals surface area contributed by atoms with Crippen molar-refractivity contribution in [2.75, 3.05) is 13.1 Å². The molecule has 2 aromatic rings. The standard InChI is InChI=1S/C19H25N5O6S2/c1-2-22-19(26)23-18(25)13-24(11-14-5-3-7-16(9-14)31(20,27)28)12-15-6-4-8-17(10-15)32(21,29)30/h3-10H,2,11-13H2,1H3,(H2,20,27,28)(H2,21,29,30)(H2,22,23,25,26). The normalized spacial score (nSPS) is 11.9. The fraction of sp³-hybridized carbons (Fsp3) is 0.263. The lowest BCUT2D eigenvalue weighted by molar-refractivity contribution is -0.121. The third-order valence-electron chi connectivity index (χ3n) is 4.22. The van der Waals surface area contributed by atoms with Crippen LogP contribution in [-0.4, -0.2) is 46.8 Å². The zero-order chi connectivity index (χ0) is 23.9. The summed E-state index contributed by atoms with van der Waals surface area (Å²) in [6.45, 7) is 2.05. The fourth-order valence-corrected chi connectivity index (χ4v) is 4.07. The van der Waals surface area contributed by atoms with Gasteiger partial charge < -0.3 is 5.32 Å². The van der Waals surface area contributed by atoms with Gasteiger partial charge in [0, 0.05) is 19.6 Å². The predicted octanol–water partition coefficient (Wildman–Crippen LogP) is -0.171. The van der Waals surface area contributed by atoms with Crippen molar-refractivity contribution in [1.29, 1.82) is 0 Å². The number of urea groups is 1. The molecule has 0 spiro atoms. The Morgan fingerprint density at radius 2 is 1.34 bits per heavy atom. The minimum Gasteiger partial charge on any atom is -0.338 e. The first kappa shape index (κ1) is 25.4. The molecule has 0 bridgehead atoms. The lowest BCUT2D eigenvalue weighted by atomic mass is 10.1. The van der Waals surface area contributed by atoms with Gasteiger partial charge in [-0.25, -0.2) is 31.9 Å². The highest BCUT2D eigenvalue weighted by molar-refractivity contribution is 7.89. The van der Waals surface area contributed by atoms with E-state index in [-0.39, 0.29) is 29.4 Å². The second kappa shape index (κ2) is 10.7. The smallest absolute Gasteiger partial charge is 0.321 e. The molecule has 11 nitrogen and oxygen atoms in total. The van der Waals surface area contributed by atoms with Crippen molar-refractivity contribution >= 4 is 32.0 Å². The number of benzene rings is 2. The summed E-state index contributed by atoms with van der Waals surface area (Å²) in [6.07, 6.45) is 0. The zero-order valence-electron chi connectivity index (χ0n) is 17.3. The van der Waals surface area contributed by atoms with Crippen molar-refractivity contribution < 1.29 is 26.4 Å². The number of nitrogens with zero attached hydrogens (tertiary/aromatic N) is 1. The van der Waals surface area contributed by atoms with E-state index in [4.69, 9.17) is 10.3 Å². The molecule has 0 aromatic heterocycles. The number of carbonyl (C=O) groups is 2. The van der Waals surface area contributed by atoms with Crippen LogP contribution in [0.15, 0.2) is 58.3 Å². The number of hydrogen-bond acceptors (Lipinski definition) is 7. The Hall–Kier alpha value is -2.84. The van der Waals surface area contributed by atoms with Gasteiger partial charge in [0.15, 0.2) is 0 Å². The summed E-state index contributed by atoms with van der Waals surface area (Å²) in [7, 11) is -7.84. The van der Waals surface area contributed by atoms with E-state index >= 15 is 0 Å². The summed E-state index contributed by atoms with van der Waals surface area (Å²) in [5, 5.41) is 15.0. The topological polar surface area (TPSA) is 182 Å². The SMILES string of the molecule is CCNC(=O)NC(=O)CN(Cc1cccc(S(N)(=O)=O)c1)Cc1cccc(S(N)(=O)=O)c1. The summed E-state index contributed by atoms with van der Waals surface area (Å²) in [5.74, 6) is -0.596. The molecule has 0 unspecified atom stereocenters. The van der Waals surface area contributed by atoms with Crippen LogP contribution in [0, 0.1) is 0 Å². The summed E-state index contributed by atoms with van der Waals surface area (Å²) in [5.41, 5.74) is 1.09. The van der Waals surface area contributed by atoms with Crippen LogP contribution in [-0.2, 0) is 37.9 Å². The fourth-order valence-electron chi connectivity index (χ4n) is 2.90. The predicted molar refractivity (Wildman–Crippen MR) is 117 cm³/mol. The second-order valence-corrected chi connectivity index (χ2v) is 10.1. The lowest BCUT2D eigenvalue weighted by Gasteiger charge is -2.22. The van der Waals surface area contributed by atoms with E-state index in [2.05, 4.69) is 10.6 Å². The maximum Gasteiger partial charge on any atom is 0.321 e. The van der Waals surface area contributed by atoms with Crippen LogP contribution in [0.25, 0.3) is 0 Å². The minimum atomic E-state index is -3.92. The first-order valence-corrected chi connectivity index (χ1v) is 12.5. The van der Waals surface area contributed by atoms with E-state index in [0.717, 1.165) is 0 Å². The Morgan fingerprint density at radius 3 is 1.75 bits per heavy atom. The molecule has 2 aromatic carbocycles. The number of carbonyl (C=O) groups excluding carboxylic acids is 2. The van der Waals surface area contributed by atoms with Crippen LogP contribution in [0.4, 0.5) is 4.79 Å². The van der Waals surface area contributed by atoms with Gasteiger partial charge in [-0.1, -0.05) is 24.3 Å². The Balaban J connectivity index is 2.29. The Morgan fingerprint density at radius 1 is 0.875 bits per heavy atom. The number of nitrogens with two attached hydrogens (primary N) is 2. The minimum absolute atomic E-state index is 0.0852. The van der Waals surface area contributed by atoms with Gasteiger partial charge in [-0.2, -0.15) is 0 Å². The molecule has 0 aliphatic heterocycles. The summed E-state index contributed by atoms with van der Waals surface area (Å²) < 4.78 is 46.6. The number of nitrogens with one attached hydrogen (secondary N) is 2. The highest BCUT2D eigenvalue weighted by atomic mass is 32.2. The van der Waals surface area contributed by atoms with Crippen LogP contribution < -0.4 is 20.9 Å². The van der Waals surface area contributed by atoms with Crippen molar-refractivity contribution in [2.24, 2.45) is 10.3 Å². The van der Waals surface area contributed by atoms with Gasteiger partial charge in [0.2, 0.25) is 26.0 Å². The van der Waals surface area contributed by atoms with Gasteiger partial charge in [-0.15, -0.1) is 0 Å². The number of imide groups is 1. The van der Waals surface area contributed by atoms with Crippen molar-refractivity contribution in [2.45, 2.75) is 29.8 Å². The zero-order valence-corrected chi connectivity index (χ0v) is 18.9. The number of rotatable bonds is 9. The molecule has 0 radical (unpaired) electrons. The number of hydrogen-bond donors (Lipinski definition) is 4. The van der Waals surface area contributed by atoms with E-state index in [1.165, 1.54) is 36.4 Å². The van der Waals surface area contributed by atoms with Gasteiger partial charge >= 0.3 is 6.03 Å². The van der Waals surface area contributed by atoms with E-state index in [9.17, 15) is 26.4 Å². The first-order valence-electron chi connectivity index (χ1n) is 9.42. The van der Waals surface area contributed by atoms with E-state index in [1.807, 2.05) is 0 Å². The average Bonchev–Trinajstić information content (AvgIpc) is 2.67. The van der Waals surface area contributed by atoms with Crippen LogP contribution in [0.3, 0.4) is 0 Å². The average molecular weight is 484 g/mol. The van der Waals surface area contributed by atoms with E-state index < -0.39 is 32.0 Å². The number of primary sulfonamides is 2. The molecule has 0 aliphatic rings. The maximum atomic E-state index is 12.3. The van der Waals surface area contributed by atoms with Crippen LogP contribution in [0.5, 0.6) is 0 Å². The Labute approximate surface area is 186 Å². The van der Waals surface area contributed by atoms with Gasteiger partial charge in [0.25, 0.3) is 0 Å². The van der Waals surface area contributed by atoms with Crippen molar-refractivity contribution in [3.05, 3.63) is 59.7 Å². The van der Waals surface area contributed by atoms with E-state index in [0.29, 0.717) is 17.7 Å².